The first kappa shape index (κ1) is 14.7. The molecule has 0 bridgehead atoms. The number of benzene rings is 2. The standard InChI is InChI=1S/C16H15FN2O2/c1-19(12-7-3-2-4-8-12)16(21)11-15(20)18-14-10-6-5-9-13(14)17/h2-10H,11H2,1H3,(H,18,20). The van der Waals surface area contributed by atoms with Crippen molar-refractivity contribution in [3.05, 3.63) is 60.4 Å². The van der Waals surface area contributed by atoms with Crippen LogP contribution in [0.4, 0.5) is 15.8 Å². The third-order valence-corrected chi connectivity index (χ3v) is 2.98. The highest BCUT2D eigenvalue weighted by atomic mass is 19.1. The molecule has 2 amide bonds. The molecule has 0 heterocycles. The van der Waals surface area contributed by atoms with Gasteiger partial charge in [-0.3, -0.25) is 9.59 Å². The van der Waals surface area contributed by atoms with Gasteiger partial charge >= 0.3 is 0 Å². The second-order valence-electron chi connectivity index (χ2n) is 4.49. The highest BCUT2D eigenvalue weighted by molar-refractivity contribution is 6.08. The zero-order chi connectivity index (χ0) is 15.2. The predicted octanol–water partition coefficient (Wildman–Crippen LogP) is 2.82. The van der Waals surface area contributed by atoms with E-state index in [0.717, 1.165) is 0 Å². The van der Waals surface area contributed by atoms with E-state index in [-0.39, 0.29) is 18.0 Å². The molecule has 0 aliphatic rings. The molecule has 0 saturated carbocycles. The van der Waals surface area contributed by atoms with E-state index >= 15 is 0 Å². The van der Waals surface area contributed by atoms with Crippen molar-refractivity contribution >= 4 is 23.2 Å². The number of nitrogens with one attached hydrogen (secondary N) is 1. The third kappa shape index (κ3) is 3.89. The quantitative estimate of drug-likeness (QED) is 0.879. The maximum Gasteiger partial charge on any atom is 0.236 e. The molecule has 108 valence electrons. The van der Waals surface area contributed by atoms with Crippen LogP contribution in [0.15, 0.2) is 54.6 Å². The van der Waals surface area contributed by atoms with Crippen molar-refractivity contribution in [3.63, 3.8) is 0 Å². The Balaban J connectivity index is 1.97. The number of carbonyl (C=O) groups excluding carboxylic acids is 2. The van der Waals surface area contributed by atoms with E-state index in [0.29, 0.717) is 5.69 Å². The number of anilines is 2. The van der Waals surface area contributed by atoms with Crippen molar-refractivity contribution in [1.29, 1.82) is 0 Å². The second kappa shape index (κ2) is 6.65. The maximum atomic E-state index is 13.4. The Morgan fingerprint density at radius 1 is 1.05 bits per heavy atom. The Morgan fingerprint density at radius 2 is 1.67 bits per heavy atom. The molecule has 2 aromatic carbocycles. The van der Waals surface area contributed by atoms with Crippen LogP contribution in [-0.4, -0.2) is 18.9 Å². The van der Waals surface area contributed by atoms with Crippen LogP contribution in [0.1, 0.15) is 6.42 Å². The van der Waals surface area contributed by atoms with Crippen molar-refractivity contribution in [1.82, 2.24) is 0 Å². The van der Waals surface area contributed by atoms with Crippen molar-refractivity contribution in [3.8, 4) is 0 Å². The average Bonchev–Trinajstić information content (AvgIpc) is 2.49. The fourth-order valence-corrected chi connectivity index (χ4v) is 1.81. The lowest BCUT2D eigenvalue weighted by molar-refractivity contribution is -0.125. The summed E-state index contributed by atoms with van der Waals surface area (Å²) >= 11 is 0. The summed E-state index contributed by atoms with van der Waals surface area (Å²) in [7, 11) is 1.59. The number of hydrogen-bond acceptors (Lipinski definition) is 2. The van der Waals surface area contributed by atoms with Gasteiger partial charge in [-0.1, -0.05) is 30.3 Å². The Morgan fingerprint density at radius 3 is 2.33 bits per heavy atom. The molecule has 0 atom stereocenters. The fraction of sp³-hybridized carbons (Fsp3) is 0.125. The Hall–Kier alpha value is -2.69. The minimum absolute atomic E-state index is 0.0673. The van der Waals surface area contributed by atoms with Crippen LogP contribution >= 0.6 is 0 Å². The number of rotatable bonds is 4. The SMILES string of the molecule is CN(C(=O)CC(=O)Nc1ccccc1F)c1ccccc1. The van der Waals surface area contributed by atoms with E-state index in [9.17, 15) is 14.0 Å². The number of carbonyl (C=O) groups is 2. The minimum Gasteiger partial charge on any atom is -0.323 e. The Bertz CT molecular complexity index is 644. The van der Waals surface area contributed by atoms with Crippen LogP contribution in [-0.2, 0) is 9.59 Å². The summed E-state index contributed by atoms with van der Waals surface area (Å²) in [5.41, 5.74) is 0.763. The monoisotopic (exact) mass is 286 g/mol. The van der Waals surface area contributed by atoms with E-state index in [1.54, 1.807) is 37.4 Å². The number of hydrogen-bond donors (Lipinski definition) is 1. The van der Waals surface area contributed by atoms with Gasteiger partial charge in [0, 0.05) is 12.7 Å². The Kier molecular flexibility index (Phi) is 4.66. The van der Waals surface area contributed by atoms with Crippen LogP contribution in [0.2, 0.25) is 0 Å². The van der Waals surface area contributed by atoms with Gasteiger partial charge in [-0.2, -0.15) is 0 Å². The third-order valence-electron chi connectivity index (χ3n) is 2.98. The van der Waals surface area contributed by atoms with Gasteiger partial charge in [-0.15, -0.1) is 0 Å². The molecule has 0 radical (unpaired) electrons. The normalized spacial score (nSPS) is 10.0. The molecule has 0 aliphatic carbocycles. The summed E-state index contributed by atoms with van der Waals surface area (Å²) in [5, 5.41) is 2.39. The molecule has 0 aliphatic heterocycles. The largest absolute Gasteiger partial charge is 0.323 e. The molecule has 0 aromatic heterocycles. The molecule has 2 aromatic rings. The zero-order valence-electron chi connectivity index (χ0n) is 11.5. The summed E-state index contributed by atoms with van der Waals surface area (Å²) in [6.07, 6.45) is -0.347. The summed E-state index contributed by atoms with van der Waals surface area (Å²) in [6, 6.07) is 14.8. The van der Waals surface area contributed by atoms with Gasteiger partial charge in [0.15, 0.2) is 0 Å². The molecule has 4 nitrogen and oxygen atoms in total. The zero-order valence-corrected chi connectivity index (χ0v) is 11.5. The lowest BCUT2D eigenvalue weighted by Crippen LogP contribution is -2.30. The summed E-state index contributed by atoms with van der Waals surface area (Å²) in [6.45, 7) is 0. The number of nitrogens with zero attached hydrogens (tertiary/aromatic N) is 1. The van der Waals surface area contributed by atoms with Crippen LogP contribution in [0.3, 0.4) is 0 Å². The van der Waals surface area contributed by atoms with Gasteiger partial charge in [0.2, 0.25) is 11.8 Å². The lowest BCUT2D eigenvalue weighted by atomic mass is 10.2. The highest BCUT2D eigenvalue weighted by Crippen LogP contribution is 2.14. The molecule has 1 N–H and O–H groups in total. The summed E-state index contributed by atoms with van der Waals surface area (Å²) in [5.74, 6) is -1.45. The summed E-state index contributed by atoms with van der Waals surface area (Å²) < 4.78 is 13.4. The second-order valence-corrected chi connectivity index (χ2v) is 4.49. The van der Waals surface area contributed by atoms with Gasteiger partial charge in [0.05, 0.1) is 5.69 Å². The van der Waals surface area contributed by atoms with Crippen LogP contribution < -0.4 is 10.2 Å². The number of para-hydroxylation sites is 2. The molecular formula is C16H15FN2O2. The minimum atomic E-state index is -0.548. The topological polar surface area (TPSA) is 49.4 Å². The predicted molar refractivity (Wildman–Crippen MR) is 79.5 cm³/mol. The van der Waals surface area contributed by atoms with Crippen molar-refractivity contribution in [2.45, 2.75) is 6.42 Å². The first-order valence-electron chi connectivity index (χ1n) is 6.44. The maximum absolute atomic E-state index is 13.4. The van der Waals surface area contributed by atoms with Gasteiger partial charge in [0.25, 0.3) is 0 Å². The van der Waals surface area contributed by atoms with Crippen LogP contribution in [0.5, 0.6) is 0 Å². The van der Waals surface area contributed by atoms with E-state index in [1.165, 1.54) is 23.1 Å². The first-order chi connectivity index (χ1) is 10.1. The van der Waals surface area contributed by atoms with Crippen LogP contribution in [0, 0.1) is 5.82 Å². The van der Waals surface area contributed by atoms with Gasteiger partial charge < -0.3 is 10.2 Å². The first-order valence-corrected chi connectivity index (χ1v) is 6.44. The van der Waals surface area contributed by atoms with E-state index in [2.05, 4.69) is 5.32 Å². The van der Waals surface area contributed by atoms with E-state index in [1.807, 2.05) is 6.07 Å². The lowest BCUT2D eigenvalue weighted by Gasteiger charge is -2.17. The summed E-state index contributed by atoms with van der Waals surface area (Å²) in [4.78, 5) is 25.2. The molecular weight excluding hydrogens is 271 g/mol. The van der Waals surface area contributed by atoms with Crippen molar-refractivity contribution < 1.29 is 14.0 Å². The van der Waals surface area contributed by atoms with Gasteiger partial charge in [0.1, 0.15) is 12.2 Å². The molecule has 0 spiro atoms. The van der Waals surface area contributed by atoms with E-state index < -0.39 is 11.7 Å². The molecule has 21 heavy (non-hydrogen) atoms. The van der Waals surface area contributed by atoms with Gasteiger partial charge in [-0.05, 0) is 24.3 Å². The number of halogens is 1. The Labute approximate surface area is 122 Å². The van der Waals surface area contributed by atoms with Gasteiger partial charge in [-0.25, -0.2) is 4.39 Å². The van der Waals surface area contributed by atoms with E-state index in [4.69, 9.17) is 0 Å². The van der Waals surface area contributed by atoms with Crippen molar-refractivity contribution in [2.24, 2.45) is 0 Å². The average molecular weight is 286 g/mol. The van der Waals surface area contributed by atoms with Crippen LogP contribution in [0.25, 0.3) is 0 Å². The number of amides is 2. The molecule has 5 heteroatoms. The van der Waals surface area contributed by atoms with Crippen molar-refractivity contribution in [2.75, 3.05) is 17.3 Å². The molecule has 0 fully saturated rings. The molecule has 0 unspecified atom stereocenters. The smallest absolute Gasteiger partial charge is 0.236 e. The molecule has 2 rings (SSSR count). The highest BCUT2D eigenvalue weighted by Gasteiger charge is 2.16. The molecule has 0 saturated heterocycles. The fourth-order valence-electron chi connectivity index (χ4n) is 1.81.